The van der Waals surface area contributed by atoms with Gasteiger partial charge >= 0.3 is 0 Å². The van der Waals surface area contributed by atoms with Gasteiger partial charge in [-0.05, 0) is 36.8 Å². The SMILES string of the molecule is CCc1ccc(CCC(=O)NC(CC)(CC)CN)cc1.Cl. The fraction of sp³-hybridized carbons (Fsp3) is 0.588. The van der Waals surface area contributed by atoms with Gasteiger partial charge in [0, 0.05) is 13.0 Å². The van der Waals surface area contributed by atoms with E-state index in [1.807, 2.05) is 0 Å². The van der Waals surface area contributed by atoms with Crippen LogP contribution in [0, 0.1) is 0 Å². The number of halogens is 1. The smallest absolute Gasteiger partial charge is 0.220 e. The average Bonchev–Trinajstić information content (AvgIpc) is 2.51. The summed E-state index contributed by atoms with van der Waals surface area (Å²) >= 11 is 0. The Morgan fingerprint density at radius 2 is 1.62 bits per heavy atom. The third kappa shape index (κ3) is 6.06. The van der Waals surface area contributed by atoms with Crippen LogP contribution in [0.25, 0.3) is 0 Å². The van der Waals surface area contributed by atoms with Crippen LogP contribution < -0.4 is 11.1 Å². The number of benzene rings is 1. The largest absolute Gasteiger partial charge is 0.349 e. The van der Waals surface area contributed by atoms with Crippen molar-refractivity contribution >= 4 is 18.3 Å². The number of aryl methyl sites for hydroxylation is 2. The van der Waals surface area contributed by atoms with Crippen LogP contribution in [0.2, 0.25) is 0 Å². The number of nitrogens with two attached hydrogens (primary N) is 1. The van der Waals surface area contributed by atoms with E-state index in [-0.39, 0.29) is 23.9 Å². The minimum absolute atomic E-state index is 0. The van der Waals surface area contributed by atoms with Crippen molar-refractivity contribution < 1.29 is 4.79 Å². The summed E-state index contributed by atoms with van der Waals surface area (Å²) in [7, 11) is 0. The molecule has 0 heterocycles. The maximum atomic E-state index is 12.1. The molecule has 0 fully saturated rings. The van der Waals surface area contributed by atoms with Gasteiger partial charge in [0.25, 0.3) is 0 Å². The number of amides is 1. The van der Waals surface area contributed by atoms with E-state index in [4.69, 9.17) is 5.73 Å². The molecule has 1 aromatic rings. The highest BCUT2D eigenvalue weighted by atomic mass is 35.5. The molecule has 3 nitrogen and oxygen atoms in total. The van der Waals surface area contributed by atoms with Crippen LogP contribution in [0.3, 0.4) is 0 Å². The molecule has 21 heavy (non-hydrogen) atoms. The number of hydrogen-bond donors (Lipinski definition) is 2. The van der Waals surface area contributed by atoms with Gasteiger partial charge in [-0.1, -0.05) is 45.0 Å². The first-order valence-corrected chi connectivity index (χ1v) is 7.68. The molecular weight excluding hydrogens is 284 g/mol. The first-order chi connectivity index (χ1) is 9.59. The first-order valence-electron chi connectivity index (χ1n) is 7.68. The molecule has 0 atom stereocenters. The molecule has 0 aliphatic carbocycles. The molecule has 0 unspecified atom stereocenters. The van der Waals surface area contributed by atoms with Gasteiger partial charge in [-0.15, -0.1) is 12.4 Å². The van der Waals surface area contributed by atoms with Gasteiger partial charge < -0.3 is 11.1 Å². The Morgan fingerprint density at radius 3 is 2.05 bits per heavy atom. The van der Waals surface area contributed by atoms with Crippen LogP contribution >= 0.6 is 12.4 Å². The van der Waals surface area contributed by atoms with E-state index in [9.17, 15) is 4.79 Å². The van der Waals surface area contributed by atoms with E-state index in [2.05, 4.69) is 50.4 Å². The maximum absolute atomic E-state index is 12.1. The van der Waals surface area contributed by atoms with Crippen LogP contribution in [-0.2, 0) is 17.6 Å². The lowest BCUT2D eigenvalue weighted by Gasteiger charge is -2.31. The number of rotatable bonds is 8. The average molecular weight is 313 g/mol. The van der Waals surface area contributed by atoms with Crippen molar-refractivity contribution in [2.45, 2.75) is 58.4 Å². The van der Waals surface area contributed by atoms with E-state index in [1.165, 1.54) is 11.1 Å². The molecule has 3 N–H and O–H groups in total. The van der Waals surface area contributed by atoms with Gasteiger partial charge in [-0.2, -0.15) is 0 Å². The second kappa shape index (κ2) is 9.80. The molecule has 0 spiro atoms. The lowest BCUT2D eigenvalue weighted by atomic mass is 9.92. The van der Waals surface area contributed by atoms with E-state index in [0.717, 1.165) is 25.7 Å². The zero-order chi connectivity index (χ0) is 15.0. The molecule has 1 rings (SSSR count). The van der Waals surface area contributed by atoms with Gasteiger partial charge in [0.1, 0.15) is 0 Å². The number of carbonyl (C=O) groups is 1. The van der Waals surface area contributed by atoms with Gasteiger partial charge in [-0.25, -0.2) is 0 Å². The Morgan fingerprint density at radius 1 is 1.10 bits per heavy atom. The van der Waals surface area contributed by atoms with E-state index in [0.29, 0.717) is 13.0 Å². The van der Waals surface area contributed by atoms with Crippen LogP contribution in [0.4, 0.5) is 0 Å². The zero-order valence-corrected chi connectivity index (χ0v) is 14.3. The highest BCUT2D eigenvalue weighted by Crippen LogP contribution is 2.14. The fourth-order valence-electron chi connectivity index (χ4n) is 2.32. The summed E-state index contributed by atoms with van der Waals surface area (Å²) in [6.07, 6.45) is 4.10. The van der Waals surface area contributed by atoms with Crippen LogP contribution in [0.1, 0.15) is 51.2 Å². The summed E-state index contributed by atoms with van der Waals surface area (Å²) < 4.78 is 0. The first kappa shape index (κ1) is 19.9. The fourth-order valence-corrected chi connectivity index (χ4v) is 2.32. The number of nitrogens with one attached hydrogen (secondary N) is 1. The molecule has 0 aliphatic heterocycles. The van der Waals surface area contributed by atoms with Crippen molar-refractivity contribution in [3.63, 3.8) is 0 Å². The summed E-state index contributed by atoms with van der Waals surface area (Å²) in [5.41, 5.74) is 8.11. The van der Waals surface area contributed by atoms with E-state index >= 15 is 0 Å². The predicted molar refractivity (Wildman–Crippen MR) is 91.9 cm³/mol. The second-order valence-corrected chi connectivity index (χ2v) is 5.41. The monoisotopic (exact) mass is 312 g/mol. The second-order valence-electron chi connectivity index (χ2n) is 5.41. The van der Waals surface area contributed by atoms with Crippen molar-refractivity contribution in [2.75, 3.05) is 6.54 Å². The standard InChI is InChI=1S/C17H28N2O.ClH/c1-4-14-7-9-15(10-8-14)11-12-16(20)19-17(5-2,6-3)13-18;/h7-10H,4-6,11-13,18H2,1-3H3,(H,19,20);1H. The quantitative estimate of drug-likeness (QED) is 0.774. The van der Waals surface area contributed by atoms with Crippen molar-refractivity contribution in [1.29, 1.82) is 0 Å². The molecule has 0 saturated carbocycles. The maximum Gasteiger partial charge on any atom is 0.220 e. The van der Waals surface area contributed by atoms with Gasteiger partial charge in [0.15, 0.2) is 0 Å². The number of hydrogen-bond acceptors (Lipinski definition) is 2. The van der Waals surface area contributed by atoms with Gasteiger partial charge in [0.2, 0.25) is 5.91 Å². The normalized spacial score (nSPS) is 10.9. The predicted octanol–water partition coefficient (Wildman–Crippen LogP) is 3.24. The molecule has 0 radical (unpaired) electrons. The van der Waals surface area contributed by atoms with Crippen LogP contribution in [0.5, 0.6) is 0 Å². The Hall–Kier alpha value is -1.06. The summed E-state index contributed by atoms with van der Waals surface area (Å²) in [5.74, 6) is 0.0960. The highest BCUT2D eigenvalue weighted by molar-refractivity contribution is 5.85. The lowest BCUT2D eigenvalue weighted by Crippen LogP contribution is -2.52. The molecule has 0 saturated heterocycles. The summed E-state index contributed by atoms with van der Waals surface area (Å²) in [6.45, 7) is 6.78. The summed E-state index contributed by atoms with van der Waals surface area (Å²) in [4.78, 5) is 12.1. The molecule has 0 aromatic heterocycles. The van der Waals surface area contributed by atoms with Crippen molar-refractivity contribution in [3.05, 3.63) is 35.4 Å². The Labute approximate surface area is 135 Å². The highest BCUT2D eigenvalue weighted by Gasteiger charge is 2.25. The topological polar surface area (TPSA) is 55.1 Å². The molecule has 120 valence electrons. The van der Waals surface area contributed by atoms with Crippen LogP contribution in [0.15, 0.2) is 24.3 Å². The third-order valence-corrected chi connectivity index (χ3v) is 4.22. The molecule has 1 amide bonds. The van der Waals surface area contributed by atoms with E-state index < -0.39 is 0 Å². The Bertz CT molecular complexity index is 405. The lowest BCUT2D eigenvalue weighted by molar-refractivity contribution is -0.123. The van der Waals surface area contributed by atoms with Gasteiger partial charge in [-0.3, -0.25) is 4.79 Å². The Kier molecular flexibility index (Phi) is 9.31. The summed E-state index contributed by atoms with van der Waals surface area (Å²) in [5, 5.41) is 3.11. The zero-order valence-electron chi connectivity index (χ0n) is 13.4. The summed E-state index contributed by atoms with van der Waals surface area (Å²) in [6, 6.07) is 8.49. The molecule has 1 aromatic carbocycles. The minimum Gasteiger partial charge on any atom is -0.349 e. The molecule has 0 aliphatic rings. The Balaban J connectivity index is 0.00000400. The van der Waals surface area contributed by atoms with Crippen molar-refractivity contribution in [1.82, 2.24) is 5.32 Å². The minimum atomic E-state index is -0.233. The molecule has 0 bridgehead atoms. The van der Waals surface area contributed by atoms with Gasteiger partial charge in [0.05, 0.1) is 5.54 Å². The molecular formula is C17H29ClN2O. The van der Waals surface area contributed by atoms with Crippen molar-refractivity contribution in [3.8, 4) is 0 Å². The van der Waals surface area contributed by atoms with Crippen molar-refractivity contribution in [2.24, 2.45) is 5.73 Å². The van der Waals surface area contributed by atoms with Crippen LogP contribution in [-0.4, -0.2) is 18.0 Å². The number of carbonyl (C=O) groups excluding carboxylic acids is 1. The molecule has 4 heteroatoms. The van der Waals surface area contributed by atoms with E-state index in [1.54, 1.807) is 0 Å². The third-order valence-electron chi connectivity index (χ3n) is 4.22.